The van der Waals surface area contributed by atoms with Crippen molar-refractivity contribution in [3.8, 4) is 0 Å². The highest BCUT2D eigenvalue weighted by Gasteiger charge is 2.42. The quantitative estimate of drug-likeness (QED) is 0.329. The largest absolute Gasteiger partial charge is 0.405 e. The number of carbonyl (C=O) groups is 1. The van der Waals surface area contributed by atoms with Crippen LogP contribution < -0.4 is 15.5 Å². The number of benzene rings is 1. The van der Waals surface area contributed by atoms with Crippen molar-refractivity contribution < 1.29 is 26.7 Å². The molecule has 0 aliphatic carbocycles. The van der Waals surface area contributed by atoms with Crippen LogP contribution in [0.1, 0.15) is 18.3 Å². The summed E-state index contributed by atoms with van der Waals surface area (Å²) in [7, 11) is 0. The number of anilines is 1. The van der Waals surface area contributed by atoms with Gasteiger partial charge in [0.1, 0.15) is 17.6 Å². The Kier molecular flexibility index (Phi) is 7.36. The van der Waals surface area contributed by atoms with E-state index in [4.69, 9.17) is 5.41 Å². The topological polar surface area (TPSA) is 94.0 Å². The first-order chi connectivity index (χ1) is 15.6. The second kappa shape index (κ2) is 10.0. The molecule has 1 fully saturated rings. The Morgan fingerprint density at radius 3 is 2.70 bits per heavy atom. The third kappa shape index (κ3) is 6.09. The van der Waals surface area contributed by atoms with Crippen molar-refractivity contribution in [3.63, 3.8) is 0 Å². The Labute approximate surface area is 186 Å². The van der Waals surface area contributed by atoms with Crippen LogP contribution in [-0.4, -0.2) is 53.3 Å². The van der Waals surface area contributed by atoms with Gasteiger partial charge in [0, 0.05) is 38.7 Å². The summed E-state index contributed by atoms with van der Waals surface area (Å²) in [5.74, 6) is -2.49. The number of carbonyl (C=O) groups excluding carboxylic acids is 1. The standard InChI is InChI=1S/C21H21F5N6O/c1-12(33)17(29-9-13-4-2-3-5-14(13)22)8-16(27)19-30-10-15(23)20(31-19)32-7-6-28-18(11-32)21(24,25)26/h2-5,8,10,18,27-29H,6-7,9,11H2,1H3/b17-8-,27-16?. The van der Waals surface area contributed by atoms with Crippen LogP contribution in [0.5, 0.6) is 0 Å². The molecule has 7 nitrogen and oxygen atoms in total. The van der Waals surface area contributed by atoms with Crippen molar-refractivity contribution in [2.45, 2.75) is 25.7 Å². The number of nitrogens with zero attached hydrogens (tertiary/aromatic N) is 3. The van der Waals surface area contributed by atoms with Gasteiger partial charge in [0.05, 0.1) is 11.9 Å². The van der Waals surface area contributed by atoms with E-state index in [9.17, 15) is 26.7 Å². The number of hydrogen-bond donors (Lipinski definition) is 3. The third-order valence-electron chi connectivity index (χ3n) is 4.93. The molecule has 2 heterocycles. The number of allylic oxidation sites excluding steroid dienone is 2. The zero-order valence-corrected chi connectivity index (χ0v) is 17.5. The van der Waals surface area contributed by atoms with Crippen LogP contribution in [0.25, 0.3) is 0 Å². The van der Waals surface area contributed by atoms with Crippen LogP contribution in [0.3, 0.4) is 0 Å². The highest BCUT2D eigenvalue weighted by Crippen LogP contribution is 2.25. The smallest absolute Gasteiger partial charge is 0.378 e. The SMILES string of the molecule is CC(=O)/C(=C/C(=N)c1ncc(F)c(N2CCNC(C(F)(F)F)C2)n1)NCc1ccccc1F. The molecule has 3 N–H and O–H groups in total. The van der Waals surface area contributed by atoms with E-state index >= 15 is 0 Å². The number of Topliss-reactive ketones (excluding diaryl/α,β-unsaturated/α-hetero) is 1. The lowest BCUT2D eigenvalue weighted by Gasteiger charge is -2.35. The number of piperazine rings is 1. The van der Waals surface area contributed by atoms with Crippen molar-refractivity contribution in [2.75, 3.05) is 24.5 Å². The van der Waals surface area contributed by atoms with Gasteiger partial charge >= 0.3 is 6.18 Å². The number of halogens is 5. The number of nitrogens with one attached hydrogen (secondary N) is 3. The lowest BCUT2D eigenvalue weighted by atomic mass is 10.1. The zero-order chi connectivity index (χ0) is 24.2. The molecule has 3 rings (SSSR count). The zero-order valence-electron chi connectivity index (χ0n) is 17.5. The lowest BCUT2D eigenvalue weighted by Crippen LogP contribution is -2.57. The van der Waals surface area contributed by atoms with Crippen molar-refractivity contribution in [1.82, 2.24) is 20.6 Å². The first-order valence-corrected chi connectivity index (χ1v) is 9.92. The summed E-state index contributed by atoms with van der Waals surface area (Å²) in [4.78, 5) is 20.8. The van der Waals surface area contributed by atoms with Gasteiger partial charge in [0.15, 0.2) is 23.2 Å². The summed E-state index contributed by atoms with van der Waals surface area (Å²) < 4.78 is 67.3. The maximum Gasteiger partial charge on any atom is 0.405 e. The Hall–Kier alpha value is -3.41. The van der Waals surface area contributed by atoms with Crippen molar-refractivity contribution in [3.05, 3.63) is 65.3 Å². The average molecular weight is 468 g/mol. The second-order valence-electron chi connectivity index (χ2n) is 7.33. The molecule has 33 heavy (non-hydrogen) atoms. The Morgan fingerprint density at radius 2 is 2.03 bits per heavy atom. The molecule has 1 saturated heterocycles. The van der Waals surface area contributed by atoms with Crippen molar-refractivity contribution in [1.29, 1.82) is 5.41 Å². The highest BCUT2D eigenvalue weighted by atomic mass is 19.4. The first-order valence-electron chi connectivity index (χ1n) is 9.92. The highest BCUT2D eigenvalue weighted by molar-refractivity contribution is 6.09. The van der Waals surface area contributed by atoms with E-state index in [1.165, 1.54) is 25.1 Å². The molecule has 1 atom stereocenters. The minimum absolute atomic E-state index is 0.0273. The fourth-order valence-electron chi connectivity index (χ4n) is 3.19. The molecular formula is C21H21F5N6O. The van der Waals surface area contributed by atoms with Crippen LogP contribution in [0.15, 0.2) is 42.2 Å². The molecule has 0 amide bonds. The maximum absolute atomic E-state index is 14.3. The lowest BCUT2D eigenvalue weighted by molar-refractivity contribution is -0.155. The first kappa shape index (κ1) is 24.2. The molecule has 0 bridgehead atoms. The van der Waals surface area contributed by atoms with Gasteiger partial charge in [-0.3, -0.25) is 10.2 Å². The third-order valence-corrected chi connectivity index (χ3v) is 4.93. The normalized spacial score (nSPS) is 17.1. The minimum atomic E-state index is -4.51. The van der Waals surface area contributed by atoms with Gasteiger partial charge in [-0.05, 0) is 12.1 Å². The molecule has 176 valence electrons. The predicted molar refractivity (Wildman–Crippen MR) is 111 cm³/mol. The second-order valence-corrected chi connectivity index (χ2v) is 7.33. The molecule has 1 aromatic carbocycles. The monoisotopic (exact) mass is 468 g/mol. The fourth-order valence-corrected chi connectivity index (χ4v) is 3.19. The van der Waals surface area contributed by atoms with Crippen LogP contribution in [0, 0.1) is 17.0 Å². The number of ketones is 1. The number of aromatic nitrogens is 2. The summed E-state index contributed by atoms with van der Waals surface area (Å²) in [5, 5.41) is 13.3. The molecule has 12 heteroatoms. The molecule has 1 unspecified atom stereocenters. The van der Waals surface area contributed by atoms with Gasteiger partial charge in [0.2, 0.25) is 0 Å². The van der Waals surface area contributed by atoms with Crippen LogP contribution in [-0.2, 0) is 11.3 Å². The number of alkyl halides is 3. The van der Waals surface area contributed by atoms with E-state index < -0.39 is 36.2 Å². The summed E-state index contributed by atoms with van der Waals surface area (Å²) in [6.45, 7) is 0.701. The number of rotatable bonds is 7. The van der Waals surface area contributed by atoms with Gasteiger partial charge in [-0.15, -0.1) is 0 Å². The van der Waals surface area contributed by atoms with Gasteiger partial charge in [-0.1, -0.05) is 18.2 Å². The Balaban J connectivity index is 1.80. The van der Waals surface area contributed by atoms with Crippen LogP contribution in [0.2, 0.25) is 0 Å². The fraction of sp³-hybridized carbons (Fsp3) is 0.333. The van der Waals surface area contributed by atoms with Gasteiger partial charge < -0.3 is 15.5 Å². The molecule has 0 radical (unpaired) electrons. The summed E-state index contributed by atoms with van der Waals surface area (Å²) in [6, 6.07) is 4.10. The van der Waals surface area contributed by atoms with Gasteiger partial charge in [-0.2, -0.15) is 13.2 Å². The van der Waals surface area contributed by atoms with Crippen molar-refractivity contribution in [2.24, 2.45) is 0 Å². The van der Waals surface area contributed by atoms with E-state index in [2.05, 4.69) is 20.6 Å². The maximum atomic E-state index is 14.3. The van der Waals surface area contributed by atoms with E-state index in [1.807, 2.05) is 0 Å². The molecular weight excluding hydrogens is 447 g/mol. The molecule has 2 aromatic rings. The van der Waals surface area contributed by atoms with Gasteiger partial charge in [0.25, 0.3) is 0 Å². The average Bonchev–Trinajstić information content (AvgIpc) is 2.77. The predicted octanol–water partition coefficient (Wildman–Crippen LogP) is 2.73. The van der Waals surface area contributed by atoms with Crippen LogP contribution in [0.4, 0.5) is 27.8 Å². The van der Waals surface area contributed by atoms with E-state index in [0.29, 0.717) is 5.56 Å². The number of hydrogen-bond acceptors (Lipinski definition) is 7. The van der Waals surface area contributed by atoms with E-state index in [0.717, 1.165) is 17.2 Å². The molecule has 1 aliphatic rings. The van der Waals surface area contributed by atoms with E-state index in [-0.39, 0.29) is 42.7 Å². The Morgan fingerprint density at radius 1 is 1.30 bits per heavy atom. The van der Waals surface area contributed by atoms with Gasteiger partial charge in [-0.25, -0.2) is 18.7 Å². The molecule has 0 saturated carbocycles. The van der Waals surface area contributed by atoms with Crippen molar-refractivity contribution >= 4 is 17.3 Å². The minimum Gasteiger partial charge on any atom is -0.378 e. The Bertz CT molecular complexity index is 1070. The molecule has 1 aliphatic heterocycles. The molecule has 0 spiro atoms. The summed E-state index contributed by atoms with van der Waals surface area (Å²) in [5.41, 5.74) is -0.101. The van der Waals surface area contributed by atoms with Crippen LogP contribution >= 0.6 is 0 Å². The summed E-state index contributed by atoms with van der Waals surface area (Å²) >= 11 is 0. The van der Waals surface area contributed by atoms with E-state index in [1.54, 1.807) is 6.07 Å². The molecule has 1 aromatic heterocycles. The summed E-state index contributed by atoms with van der Waals surface area (Å²) in [6.07, 6.45) is -2.64.